The number of H-pyrrole nitrogens is 1. The number of hydrogen-bond donors (Lipinski definition) is 3. The van der Waals surface area contributed by atoms with E-state index in [1.165, 1.54) is 17.9 Å². The second-order valence-electron chi connectivity index (χ2n) is 8.20. The second kappa shape index (κ2) is 9.19. The van der Waals surface area contributed by atoms with Crippen LogP contribution in [0.1, 0.15) is 22.8 Å². The molecule has 6 heteroatoms. The zero-order valence-electron chi connectivity index (χ0n) is 18.8. The molecule has 0 unspecified atom stereocenters. The maximum Gasteiger partial charge on any atom is 0.252 e. The Morgan fingerprint density at radius 1 is 0.912 bits per heavy atom. The van der Waals surface area contributed by atoms with E-state index in [9.17, 15) is 9.59 Å². The molecule has 168 valence electrons. The van der Waals surface area contributed by atoms with Gasteiger partial charge in [0, 0.05) is 47.2 Å². The van der Waals surface area contributed by atoms with E-state index < -0.39 is 0 Å². The van der Waals surface area contributed by atoms with Crippen molar-refractivity contribution >= 4 is 39.3 Å². The first kappa shape index (κ1) is 21.4. The van der Waals surface area contributed by atoms with Gasteiger partial charge in [-0.15, -0.1) is 0 Å². The normalized spacial score (nSPS) is 11.0. The molecule has 34 heavy (non-hydrogen) atoms. The molecule has 0 spiro atoms. The fraction of sp³-hybridized carbons (Fsp3) is 0.107. The SMILES string of the molecule is CC(=O)Nc1ccc(-c2cc(C(=O)NCCc3c[nH]c4ccccc34)c3ccccc3n2)cc1. The van der Waals surface area contributed by atoms with Crippen LogP contribution in [0.4, 0.5) is 5.69 Å². The Morgan fingerprint density at radius 2 is 1.65 bits per heavy atom. The summed E-state index contributed by atoms with van der Waals surface area (Å²) in [7, 11) is 0. The van der Waals surface area contributed by atoms with Crippen molar-refractivity contribution in [2.75, 3.05) is 11.9 Å². The van der Waals surface area contributed by atoms with Gasteiger partial charge in [-0.25, -0.2) is 4.98 Å². The van der Waals surface area contributed by atoms with E-state index in [2.05, 4.69) is 21.7 Å². The second-order valence-corrected chi connectivity index (χ2v) is 8.20. The Balaban J connectivity index is 1.39. The van der Waals surface area contributed by atoms with Crippen molar-refractivity contribution in [3.8, 4) is 11.3 Å². The smallest absolute Gasteiger partial charge is 0.252 e. The minimum Gasteiger partial charge on any atom is -0.361 e. The molecule has 6 nitrogen and oxygen atoms in total. The van der Waals surface area contributed by atoms with Crippen LogP contribution in [0.5, 0.6) is 0 Å². The number of carbonyl (C=O) groups excluding carboxylic acids is 2. The standard InChI is InChI=1S/C28H24N4O2/c1-18(33)31-21-12-10-19(11-13-21)27-16-24(23-7-3-5-9-26(23)32-27)28(34)29-15-14-20-17-30-25-8-4-2-6-22(20)25/h2-13,16-17,30H,14-15H2,1H3,(H,29,34)(H,31,33). The summed E-state index contributed by atoms with van der Waals surface area (Å²) >= 11 is 0. The van der Waals surface area contributed by atoms with Crippen molar-refractivity contribution in [3.63, 3.8) is 0 Å². The Hall–Kier alpha value is -4.45. The van der Waals surface area contributed by atoms with Gasteiger partial charge in [-0.05, 0) is 42.3 Å². The highest BCUT2D eigenvalue weighted by atomic mass is 16.2. The molecule has 2 aromatic heterocycles. The van der Waals surface area contributed by atoms with Gasteiger partial charge in [0.25, 0.3) is 5.91 Å². The number of fused-ring (bicyclic) bond motifs is 2. The third-order valence-corrected chi connectivity index (χ3v) is 5.82. The van der Waals surface area contributed by atoms with Crippen molar-refractivity contribution in [2.45, 2.75) is 13.3 Å². The van der Waals surface area contributed by atoms with Gasteiger partial charge < -0.3 is 15.6 Å². The molecule has 5 aromatic rings. The molecule has 0 saturated carbocycles. The highest BCUT2D eigenvalue weighted by Gasteiger charge is 2.14. The van der Waals surface area contributed by atoms with Crippen molar-refractivity contribution < 1.29 is 9.59 Å². The van der Waals surface area contributed by atoms with Crippen LogP contribution in [0, 0.1) is 0 Å². The monoisotopic (exact) mass is 448 g/mol. The molecule has 3 N–H and O–H groups in total. The predicted octanol–water partition coefficient (Wildman–Crippen LogP) is 5.31. The van der Waals surface area contributed by atoms with Gasteiger partial charge in [-0.2, -0.15) is 0 Å². The zero-order chi connectivity index (χ0) is 23.5. The van der Waals surface area contributed by atoms with E-state index in [4.69, 9.17) is 4.98 Å². The van der Waals surface area contributed by atoms with Crippen LogP contribution >= 0.6 is 0 Å². The number of aromatic nitrogens is 2. The lowest BCUT2D eigenvalue weighted by Gasteiger charge is -2.11. The van der Waals surface area contributed by atoms with Crippen molar-refractivity contribution in [1.82, 2.24) is 15.3 Å². The summed E-state index contributed by atoms with van der Waals surface area (Å²) in [4.78, 5) is 32.5. The molecule has 2 heterocycles. The predicted molar refractivity (Wildman–Crippen MR) is 136 cm³/mol. The number of pyridine rings is 1. The van der Waals surface area contributed by atoms with E-state index >= 15 is 0 Å². The molecule has 0 aliphatic carbocycles. The van der Waals surface area contributed by atoms with Crippen LogP contribution < -0.4 is 10.6 Å². The van der Waals surface area contributed by atoms with E-state index in [0.717, 1.165) is 28.4 Å². The van der Waals surface area contributed by atoms with Crippen LogP contribution in [0.25, 0.3) is 33.1 Å². The average molecular weight is 449 g/mol. The topological polar surface area (TPSA) is 86.9 Å². The van der Waals surface area contributed by atoms with Crippen molar-refractivity contribution in [2.24, 2.45) is 0 Å². The Kier molecular flexibility index (Phi) is 5.79. The van der Waals surface area contributed by atoms with Crippen LogP contribution in [0.15, 0.2) is 85.1 Å². The summed E-state index contributed by atoms with van der Waals surface area (Å²) in [6.07, 6.45) is 2.73. The zero-order valence-corrected chi connectivity index (χ0v) is 18.8. The molecule has 0 aliphatic heterocycles. The van der Waals surface area contributed by atoms with E-state index in [1.54, 1.807) is 0 Å². The minimum absolute atomic E-state index is 0.122. The average Bonchev–Trinajstić information content (AvgIpc) is 3.26. The molecule has 5 rings (SSSR count). The number of aromatic amines is 1. The van der Waals surface area contributed by atoms with E-state index in [-0.39, 0.29) is 11.8 Å². The summed E-state index contributed by atoms with van der Waals surface area (Å²) in [6, 6.07) is 25.1. The number of para-hydroxylation sites is 2. The number of amides is 2. The quantitative estimate of drug-likeness (QED) is 0.329. The molecule has 3 aromatic carbocycles. The fourth-order valence-electron chi connectivity index (χ4n) is 4.18. The van der Waals surface area contributed by atoms with Crippen LogP contribution in [-0.2, 0) is 11.2 Å². The first-order chi connectivity index (χ1) is 16.6. The van der Waals surface area contributed by atoms with Crippen molar-refractivity contribution in [1.29, 1.82) is 0 Å². The van der Waals surface area contributed by atoms with Crippen LogP contribution in [0.3, 0.4) is 0 Å². The lowest BCUT2D eigenvalue weighted by molar-refractivity contribution is -0.114. The van der Waals surface area contributed by atoms with Crippen LogP contribution in [0.2, 0.25) is 0 Å². The van der Waals surface area contributed by atoms with Gasteiger partial charge in [0.15, 0.2) is 0 Å². The maximum atomic E-state index is 13.2. The fourth-order valence-corrected chi connectivity index (χ4v) is 4.18. The largest absolute Gasteiger partial charge is 0.361 e. The summed E-state index contributed by atoms with van der Waals surface area (Å²) < 4.78 is 0. The van der Waals surface area contributed by atoms with Crippen LogP contribution in [-0.4, -0.2) is 28.3 Å². The van der Waals surface area contributed by atoms with Gasteiger partial charge in [0.05, 0.1) is 16.8 Å². The summed E-state index contributed by atoms with van der Waals surface area (Å²) in [5, 5.41) is 7.83. The number of carbonyl (C=O) groups is 2. The molecular weight excluding hydrogens is 424 g/mol. The molecule has 0 fully saturated rings. The molecule has 0 bridgehead atoms. The van der Waals surface area contributed by atoms with Gasteiger partial charge in [-0.1, -0.05) is 48.5 Å². The van der Waals surface area contributed by atoms with Gasteiger partial charge in [-0.3, -0.25) is 9.59 Å². The molecule has 0 aliphatic rings. The number of nitrogens with zero attached hydrogens (tertiary/aromatic N) is 1. The summed E-state index contributed by atoms with van der Waals surface area (Å²) in [6.45, 7) is 2.00. The maximum absolute atomic E-state index is 13.2. The number of benzene rings is 3. The summed E-state index contributed by atoms with van der Waals surface area (Å²) in [5.41, 5.74) is 5.90. The number of rotatable bonds is 6. The number of anilines is 1. The first-order valence-electron chi connectivity index (χ1n) is 11.2. The Morgan fingerprint density at radius 3 is 2.44 bits per heavy atom. The number of nitrogens with one attached hydrogen (secondary N) is 3. The Labute approximate surface area is 197 Å². The van der Waals surface area contributed by atoms with Gasteiger partial charge in [0.1, 0.15) is 0 Å². The lowest BCUT2D eigenvalue weighted by atomic mass is 10.0. The Bertz CT molecular complexity index is 1500. The first-order valence-corrected chi connectivity index (χ1v) is 11.2. The molecule has 0 radical (unpaired) electrons. The molecule has 0 saturated heterocycles. The van der Waals surface area contributed by atoms with Crippen molar-refractivity contribution in [3.05, 3.63) is 96.2 Å². The molecule has 2 amide bonds. The highest BCUT2D eigenvalue weighted by molar-refractivity contribution is 6.07. The highest BCUT2D eigenvalue weighted by Crippen LogP contribution is 2.26. The lowest BCUT2D eigenvalue weighted by Crippen LogP contribution is -2.26. The summed E-state index contributed by atoms with van der Waals surface area (Å²) in [5.74, 6) is -0.252. The third kappa shape index (κ3) is 4.38. The molecule has 0 atom stereocenters. The van der Waals surface area contributed by atoms with Gasteiger partial charge >= 0.3 is 0 Å². The number of hydrogen-bond acceptors (Lipinski definition) is 3. The molecular formula is C28H24N4O2. The van der Waals surface area contributed by atoms with E-state index in [0.29, 0.717) is 23.5 Å². The minimum atomic E-state index is -0.130. The van der Waals surface area contributed by atoms with Gasteiger partial charge in [0.2, 0.25) is 5.91 Å². The van der Waals surface area contributed by atoms with E-state index in [1.807, 2.05) is 79.0 Å². The third-order valence-electron chi connectivity index (χ3n) is 5.82.